The fraction of sp³-hybridized carbons (Fsp3) is 0.421. The van der Waals surface area contributed by atoms with Crippen molar-refractivity contribution in [1.82, 2.24) is 14.5 Å². The van der Waals surface area contributed by atoms with Crippen LogP contribution in [0.5, 0.6) is 0 Å². The second-order valence-corrected chi connectivity index (χ2v) is 8.76. The lowest BCUT2D eigenvalue weighted by Gasteiger charge is -2.36. The zero-order valence-electron chi connectivity index (χ0n) is 15.0. The summed E-state index contributed by atoms with van der Waals surface area (Å²) in [6, 6.07) is 12.6. The van der Waals surface area contributed by atoms with Crippen molar-refractivity contribution in [2.45, 2.75) is 10.9 Å². The number of carbonyl (C=O) groups excluding carboxylic acids is 1. The van der Waals surface area contributed by atoms with Gasteiger partial charge in [0, 0.05) is 32.7 Å². The molecule has 8 heteroatoms. The predicted octanol–water partition coefficient (Wildman–Crippen LogP) is 0.661. The Bertz CT molecular complexity index is 933. The van der Waals surface area contributed by atoms with Gasteiger partial charge < -0.3 is 15.0 Å². The second kappa shape index (κ2) is 7.55. The monoisotopic (exact) mass is 389 g/mol. The summed E-state index contributed by atoms with van der Waals surface area (Å²) < 4.78 is 32.8. The number of morpholine rings is 1. The molecule has 2 aliphatic heterocycles. The molecule has 0 radical (unpaired) electrons. The van der Waals surface area contributed by atoms with Gasteiger partial charge in [-0.25, -0.2) is 8.42 Å². The minimum atomic E-state index is -3.57. The number of rotatable bonds is 3. The summed E-state index contributed by atoms with van der Waals surface area (Å²) in [4.78, 5) is 14.6. The number of hydrogen-bond donors (Lipinski definition) is 1. The van der Waals surface area contributed by atoms with Gasteiger partial charge in [0.2, 0.25) is 15.9 Å². The second-order valence-electron chi connectivity index (χ2n) is 6.82. The van der Waals surface area contributed by atoms with Crippen LogP contribution in [0.4, 0.5) is 0 Å². The highest BCUT2D eigenvalue weighted by atomic mass is 32.2. The Kier molecular flexibility index (Phi) is 5.14. The number of fused-ring (bicyclic) bond motifs is 1. The first kappa shape index (κ1) is 18.4. The summed E-state index contributed by atoms with van der Waals surface area (Å²) in [6.45, 7) is 3.03. The average Bonchev–Trinajstić information content (AvgIpc) is 2.73. The summed E-state index contributed by atoms with van der Waals surface area (Å²) in [5.41, 5.74) is 0. The molecule has 1 amide bonds. The number of benzene rings is 2. The molecule has 2 aliphatic rings. The van der Waals surface area contributed by atoms with E-state index in [4.69, 9.17) is 4.74 Å². The average molecular weight is 389 g/mol. The first-order valence-corrected chi connectivity index (χ1v) is 10.6. The lowest BCUT2D eigenvalue weighted by atomic mass is 10.1. The molecule has 2 fully saturated rings. The van der Waals surface area contributed by atoms with Crippen LogP contribution in [0.25, 0.3) is 10.8 Å². The number of amides is 1. The van der Waals surface area contributed by atoms with Crippen LogP contribution in [0.1, 0.15) is 0 Å². The van der Waals surface area contributed by atoms with E-state index in [-0.39, 0.29) is 11.9 Å². The van der Waals surface area contributed by atoms with Gasteiger partial charge in [0.25, 0.3) is 0 Å². The van der Waals surface area contributed by atoms with Gasteiger partial charge in [-0.1, -0.05) is 30.3 Å². The Balaban J connectivity index is 1.45. The van der Waals surface area contributed by atoms with Crippen molar-refractivity contribution in [2.75, 3.05) is 45.9 Å². The molecule has 1 N–H and O–H groups in total. The maximum absolute atomic E-state index is 13.0. The summed E-state index contributed by atoms with van der Waals surface area (Å²) >= 11 is 0. The number of piperazine rings is 1. The Morgan fingerprint density at radius 2 is 1.78 bits per heavy atom. The molecule has 27 heavy (non-hydrogen) atoms. The normalized spacial score (nSPS) is 22.1. The Hall–Kier alpha value is -2.00. The number of sulfonamides is 1. The van der Waals surface area contributed by atoms with Gasteiger partial charge in [-0.2, -0.15) is 4.31 Å². The largest absolute Gasteiger partial charge is 0.378 e. The highest BCUT2D eigenvalue weighted by molar-refractivity contribution is 7.89. The van der Waals surface area contributed by atoms with Crippen LogP contribution in [-0.2, 0) is 19.6 Å². The molecule has 0 aromatic heterocycles. The summed E-state index contributed by atoms with van der Waals surface area (Å²) in [5.74, 6) is -0.0162. The zero-order valence-corrected chi connectivity index (χ0v) is 15.8. The smallest absolute Gasteiger partial charge is 0.243 e. The molecule has 0 saturated carbocycles. The highest BCUT2D eigenvalue weighted by Crippen LogP contribution is 2.23. The van der Waals surface area contributed by atoms with Crippen LogP contribution in [0, 0.1) is 0 Å². The van der Waals surface area contributed by atoms with E-state index in [1.54, 1.807) is 17.0 Å². The lowest BCUT2D eigenvalue weighted by molar-refractivity contribution is -0.137. The number of ether oxygens (including phenoxy) is 1. The Morgan fingerprint density at radius 3 is 2.48 bits per heavy atom. The molecule has 0 aliphatic carbocycles. The molecule has 2 heterocycles. The molecular weight excluding hydrogens is 366 g/mol. The molecule has 1 atom stereocenters. The van der Waals surface area contributed by atoms with Gasteiger partial charge in [0.05, 0.1) is 18.1 Å². The maximum atomic E-state index is 13.0. The fourth-order valence-corrected chi connectivity index (χ4v) is 5.03. The zero-order chi connectivity index (χ0) is 18.9. The van der Waals surface area contributed by atoms with Gasteiger partial charge in [-0.3, -0.25) is 4.79 Å². The van der Waals surface area contributed by atoms with Crippen LogP contribution in [0.15, 0.2) is 47.4 Å². The van der Waals surface area contributed by atoms with Gasteiger partial charge in [0.1, 0.15) is 6.04 Å². The first-order chi connectivity index (χ1) is 13.1. The van der Waals surface area contributed by atoms with Crippen LogP contribution in [0.2, 0.25) is 0 Å². The molecule has 1 unspecified atom stereocenters. The molecule has 2 saturated heterocycles. The van der Waals surface area contributed by atoms with Crippen LogP contribution in [0.3, 0.4) is 0 Å². The molecule has 4 rings (SSSR count). The molecule has 2 aromatic carbocycles. The van der Waals surface area contributed by atoms with E-state index in [9.17, 15) is 13.2 Å². The third-order valence-electron chi connectivity index (χ3n) is 5.13. The molecule has 144 valence electrons. The lowest BCUT2D eigenvalue weighted by Crippen LogP contribution is -2.57. The van der Waals surface area contributed by atoms with Crippen molar-refractivity contribution in [3.8, 4) is 0 Å². The fourth-order valence-electron chi connectivity index (χ4n) is 3.57. The van der Waals surface area contributed by atoms with E-state index < -0.39 is 10.0 Å². The van der Waals surface area contributed by atoms with Crippen molar-refractivity contribution in [3.63, 3.8) is 0 Å². The van der Waals surface area contributed by atoms with Gasteiger partial charge in [-0.15, -0.1) is 0 Å². The minimum Gasteiger partial charge on any atom is -0.378 e. The molecule has 0 bridgehead atoms. The molecule has 0 spiro atoms. The standard InChI is InChI=1S/C19H23N3O4S/c23-19(18-14-26-12-7-20-18)21-8-10-22(11-9-21)27(24,25)17-6-5-15-3-1-2-4-16(15)13-17/h1-6,13,18,20H,7-12,14H2. The van der Waals surface area contributed by atoms with Crippen LogP contribution in [-0.4, -0.2) is 75.5 Å². The van der Waals surface area contributed by atoms with Crippen molar-refractivity contribution in [1.29, 1.82) is 0 Å². The third kappa shape index (κ3) is 3.70. The van der Waals surface area contributed by atoms with Gasteiger partial charge >= 0.3 is 0 Å². The topological polar surface area (TPSA) is 79.0 Å². The van der Waals surface area contributed by atoms with E-state index in [1.807, 2.05) is 30.3 Å². The quantitative estimate of drug-likeness (QED) is 0.834. The molecule has 2 aromatic rings. The van der Waals surface area contributed by atoms with E-state index in [0.717, 1.165) is 10.8 Å². The highest BCUT2D eigenvalue weighted by Gasteiger charge is 2.33. The SMILES string of the molecule is O=C(C1COCCN1)N1CCN(S(=O)(=O)c2ccc3ccccc3c2)CC1. The Morgan fingerprint density at radius 1 is 1.04 bits per heavy atom. The number of carbonyl (C=O) groups is 1. The van der Waals surface area contributed by atoms with E-state index in [2.05, 4.69) is 5.32 Å². The summed E-state index contributed by atoms with van der Waals surface area (Å²) in [5, 5.41) is 5.06. The number of hydrogen-bond acceptors (Lipinski definition) is 5. The number of nitrogens with one attached hydrogen (secondary N) is 1. The first-order valence-electron chi connectivity index (χ1n) is 9.14. The van der Waals surface area contributed by atoms with Crippen LogP contribution < -0.4 is 5.32 Å². The van der Waals surface area contributed by atoms with E-state index in [0.29, 0.717) is 50.8 Å². The van der Waals surface area contributed by atoms with Crippen molar-refractivity contribution >= 4 is 26.7 Å². The van der Waals surface area contributed by atoms with Crippen LogP contribution >= 0.6 is 0 Å². The summed E-state index contributed by atoms with van der Waals surface area (Å²) in [7, 11) is -3.57. The number of nitrogens with zero attached hydrogens (tertiary/aromatic N) is 2. The third-order valence-corrected chi connectivity index (χ3v) is 7.02. The minimum absolute atomic E-state index is 0.0162. The molecule has 7 nitrogen and oxygen atoms in total. The van der Waals surface area contributed by atoms with E-state index in [1.165, 1.54) is 4.31 Å². The molecular formula is C19H23N3O4S. The predicted molar refractivity (Wildman–Crippen MR) is 102 cm³/mol. The van der Waals surface area contributed by atoms with Gasteiger partial charge in [0.15, 0.2) is 0 Å². The van der Waals surface area contributed by atoms with Crippen molar-refractivity contribution in [2.24, 2.45) is 0 Å². The maximum Gasteiger partial charge on any atom is 0.243 e. The van der Waals surface area contributed by atoms with Gasteiger partial charge in [-0.05, 0) is 22.9 Å². The van der Waals surface area contributed by atoms with Crippen molar-refractivity contribution in [3.05, 3.63) is 42.5 Å². The Labute approximate surface area is 158 Å². The summed E-state index contributed by atoms with van der Waals surface area (Å²) in [6.07, 6.45) is 0. The van der Waals surface area contributed by atoms with Crippen molar-refractivity contribution < 1.29 is 17.9 Å². The van der Waals surface area contributed by atoms with E-state index >= 15 is 0 Å².